The summed E-state index contributed by atoms with van der Waals surface area (Å²) in [7, 11) is 0. The number of hydrogen-bond acceptors (Lipinski definition) is 6. The number of aromatic nitrogens is 6. The Bertz CT molecular complexity index is 1180. The first kappa shape index (κ1) is 19.4. The van der Waals surface area contributed by atoms with Crippen molar-refractivity contribution in [2.24, 2.45) is 0 Å². The molecule has 1 amide bonds. The normalized spacial score (nSPS) is 10.8. The number of imidazole rings is 1. The summed E-state index contributed by atoms with van der Waals surface area (Å²) >= 11 is 0. The molecule has 0 aliphatic carbocycles. The lowest BCUT2D eigenvalue weighted by Gasteiger charge is -2.09. The molecule has 0 aliphatic heterocycles. The fraction of sp³-hybridized carbons (Fsp3) is 0.182. The van der Waals surface area contributed by atoms with Crippen molar-refractivity contribution in [3.8, 4) is 22.5 Å². The van der Waals surface area contributed by atoms with E-state index in [9.17, 15) is 4.79 Å². The van der Waals surface area contributed by atoms with Gasteiger partial charge in [0.15, 0.2) is 0 Å². The minimum atomic E-state index is -0.171. The molecule has 0 spiro atoms. The number of aryl methyl sites for hydroxylation is 2. The van der Waals surface area contributed by atoms with Gasteiger partial charge in [0.05, 0.1) is 17.6 Å². The molecule has 0 aromatic carbocycles. The van der Waals surface area contributed by atoms with Gasteiger partial charge in [0.25, 0.3) is 0 Å². The zero-order chi connectivity index (χ0) is 21.1. The van der Waals surface area contributed by atoms with Gasteiger partial charge in [-0.3, -0.25) is 19.7 Å². The topological polar surface area (TPSA) is 98.5 Å². The molecule has 0 unspecified atom stereocenters. The molecular formula is C22H21N7O. The Morgan fingerprint density at radius 1 is 0.967 bits per heavy atom. The number of carbonyl (C=O) groups excluding carboxylic acids is 1. The number of pyridine rings is 2. The SMILES string of the molecule is Cc1cc(-c2nc(C)n(CC(=O)Nc3ccc(-c4cnccn4)cn3)c2C)ccn1. The van der Waals surface area contributed by atoms with Crippen LogP contribution in [0.5, 0.6) is 0 Å². The van der Waals surface area contributed by atoms with Crippen molar-refractivity contribution >= 4 is 11.7 Å². The van der Waals surface area contributed by atoms with Gasteiger partial charge in [-0.1, -0.05) is 0 Å². The van der Waals surface area contributed by atoms with Gasteiger partial charge < -0.3 is 9.88 Å². The fourth-order valence-corrected chi connectivity index (χ4v) is 3.27. The molecule has 4 aromatic heterocycles. The molecule has 8 nitrogen and oxygen atoms in total. The predicted octanol–water partition coefficient (Wildman–Crippen LogP) is 3.36. The number of nitrogens with zero attached hydrogens (tertiary/aromatic N) is 6. The lowest BCUT2D eigenvalue weighted by Crippen LogP contribution is -2.20. The van der Waals surface area contributed by atoms with Crippen LogP contribution in [-0.4, -0.2) is 35.4 Å². The molecule has 150 valence electrons. The second-order valence-corrected chi connectivity index (χ2v) is 6.94. The standard InChI is InChI=1S/C22H21N7O/c1-14-10-17(6-7-24-14)22-15(2)29(16(3)27-22)13-21(30)28-20-5-4-18(11-26-20)19-12-23-8-9-25-19/h4-12H,13H2,1-3H3,(H,26,28,30). The molecule has 8 heteroatoms. The molecule has 1 N–H and O–H groups in total. The highest BCUT2D eigenvalue weighted by Gasteiger charge is 2.15. The summed E-state index contributed by atoms with van der Waals surface area (Å²) in [6, 6.07) is 7.52. The van der Waals surface area contributed by atoms with Crippen LogP contribution in [0.3, 0.4) is 0 Å². The van der Waals surface area contributed by atoms with E-state index in [0.29, 0.717) is 5.82 Å². The Labute approximate surface area is 174 Å². The molecule has 0 saturated heterocycles. The number of hydrogen-bond donors (Lipinski definition) is 1. The third kappa shape index (κ3) is 4.07. The zero-order valence-corrected chi connectivity index (χ0v) is 17.0. The first-order valence-electron chi connectivity index (χ1n) is 9.50. The minimum absolute atomic E-state index is 0.155. The third-order valence-electron chi connectivity index (χ3n) is 4.77. The van der Waals surface area contributed by atoms with Crippen LogP contribution in [0.15, 0.2) is 55.2 Å². The number of nitrogens with one attached hydrogen (secondary N) is 1. The molecule has 0 aliphatic rings. The van der Waals surface area contributed by atoms with Crippen LogP contribution in [-0.2, 0) is 11.3 Å². The van der Waals surface area contributed by atoms with Crippen LogP contribution in [0.25, 0.3) is 22.5 Å². The number of amides is 1. The van der Waals surface area contributed by atoms with E-state index in [1.807, 2.05) is 43.5 Å². The Morgan fingerprint density at radius 2 is 1.83 bits per heavy atom. The minimum Gasteiger partial charge on any atom is -0.322 e. The molecular weight excluding hydrogens is 378 g/mol. The molecule has 0 bridgehead atoms. The second-order valence-electron chi connectivity index (χ2n) is 6.94. The van der Waals surface area contributed by atoms with Gasteiger partial charge in [-0.2, -0.15) is 0 Å². The van der Waals surface area contributed by atoms with Crippen LogP contribution >= 0.6 is 0 Å². The Hall–Kier alpha value is -3.94. The van der Waals surface area contributed by atoms with Gasteiger partial charge in [-0.25, -0.2) is 9.97 Å². The number of carbonyl (C=O) groups is 1. The van der Waals surface area contributed by atoms with Gasteiger partial charge >= 0.3 is 0 Å². The molecule has 4 rings (SSSR count). The maximum absolute atomic E-state index is 12.6. The van der Waals surface area contributed by atoms with Crippen LogP contribution < -0.4 is 5.32 Å². The summed E-state index contributed by atoms with van der Waals surface area (Å²) < 4.78 is 1.90. The highest BCUT2D eigenvalue weighted by molar-refractivity contribution is 5.90. The van der Waals surface area contributed by atoms with Crippen molar-refractivity contribution in [2.45, 2.75) is 27.3 Å². The van der Waals surface area contributed by atoms with E-state index < -0.39 is 0 Å². The van der Waals surface area contributed by atoms with Crippen LogP contribution in [0, 0.1) is 20.8 Å². The lowest BCUT2D eigenvalue weighted by atomic mass is 10.1. The third-order valence-corrected chi connectivity index (χ3v) is 4.77. The monoisotopic (exact) mass is 399 g/mol. The Morgan fingerprint density at radius 3 is 2.53 bits per heavy atom. The summed E-state index contributed by atoms with van der Waals surface area (Å²) in [6.07, 6.45) is 8.34. The van der Waals surface area contributed by atoms with Crippen molar-refractivity contribution < 1.29 is 4.79 Å². The number of rotatable bonds is 5. The molecule has 0 atom stereocenters. The molecule has 0 radical (unpaired) electrons. The van der Waals surface area contributed by atoms with Crippen molar-refractivity contribution in [3.05, 3.63) is 72.5 Å². The molecule has 30 heavy (non-hydrogen) atoms. The quantitative estimate of drug-likeness (QED) is 0.552. The zero-order valence-electron chi connectivity index (χ0n) is 17.0. The lowest BCUT2D eigenvalue weighted by molar-refractivity contribution is -0.116. The van der Waals surface area contributed by atoms with Crippen LogP contribution in [0.1, 0.15) is 17.2 Å². The molecule has 0 fully saturated rings. The van der Waals surface area contributed by atoms with E-state index in [1.165, 1.54) is 0 Å². The summed E-state index contributed by atoms with van der Waals surface area (Å²) in [5, 5.41) is 2.84. The van der Waals surface area contributed by atoms with E-state index in [0.717, 1.165) is 39.7 Å². The second kappa shape index (κ2) is 8.20. The maximum atomic E-state index is 12.6. The Balaban J connectivity index is 1.48. The maximum Gasteiger partial charge on any atom is 0.245 e. The van der Waals surface area contributed by atoms with Crippen molar-refractivity contribution in [1.29, 1.82) is 0 Å². The van der Waals surface area contributed by atoms with Gasteiger partial charge in [-0.15, -0.1) is 0 Å². The summed E-state index contributed by atoms with van der Waals surface area (Å²) in [4.78, 5) is 34.1. The predicted molar refractivity (Wildman–Crippen MR) is 114 cm³/mol. The van der Waals surface area contributed by atoms with E-state index >= 15 is 0 Å². The Kier molecular flexibility index (Phi) is 5.30. The van der Waals surface area contributed by atoms with Gasteiger partial charge in [-0.05, 0) is 45.0 Å². The highest BCUT2D eigenvalue weighted by Crippen LogP contribution is 2.24. The average Bonchev–Trinajstić information content (AvgIpc) is 3.03. The van der Waals surface area contributed by atoms with E-state index in [4.69, 9.17) is 0 Å². The smallest absolute Gasteiger partial charge is 0.245 e. The molecule has 0 saturated carbocycles. The first-order valence-corrected chi connectivity index (χ1v) is 9.50. The van der Waals surface area contributed by atoms with Crippen molar-refractivity contribution in [2.75, 3.05) is 5.32 Å². The van der Waals surface area contributed by atoms with E-state index in [2.05, 4.69) is 30.2 Å². The molecule has 4 aromatic rings. The van der Waals surface area contributed by atoms with Crippen molar-refractivity contribution in [3.63, 3.8) is 0 Å². The molecule has 4 heterocycles. The van der Waals surface area contributed by atoms with Gasteiger partial charge in [0.2, 0.25) is 5.91 Å². The van der Waals surface area contributed by atoms with Gasteiger partial charge in [0.1, 0.15) is 18.2 Å². The van der Waals surface area contributed by atoms with E-state index in [1.54, 1.807) is 37.1 Å². The summed E-state index contributed by atoms with van der Waals surface area (Å²) in [6.45, 7) is 5.96. The van der Waals surface area contributed by atoms with Crippen molar-refractivity contribution in [1.82, 2.24) is 29.5 Å². The van der Waals surface area contributed by atoms with Crippen LogP contribution in [0.4, 0.5) is 5.82 Å². The first-order chi connectivity index (χ1) is 14.5. The van der Waals surface area contributed by atoms with E-state index in [-0.39, 0.29) is 12.5 Å². The average molecular weight is 399 g/mol. The highest BCUT2D eigenvalue weighted by atomic mass is 16.2. The fourth-order valence-electron chi connectivity index (χ4n) is 3.27. The van der Waals surface area contributed by atoms with Gasteiger partial charge in [0, 0.05) is 47.3 Å². The largest absolute Gasteiger partial charge is 0.322 e. The summed E-state index contributed by atoms with van der Waals surface area (Å²) in [5.41, 5.74) is 5.26. The van der Waals surface area contributed by atoms with Crippen LogP contribution in [0.2, 0.25) is 0 Å². The summed E-state index contributed by atoms with van der Waals surface area (Å²) in [5.74, 6) is 1.09. The number of anilines is 1.